The minimum Gasteiger partial charge on any atom is -0.490 e. The summed E-state index contributed by atoms with van der Waals surface area (Å²) in [6.45, 7) is 4.50. The van der Waals surface area contributed by atoms with E-state index in [1.807, 2.05) is 13.8 Å². The van der Waals surface area contributed by atoms with Crippen LogP contribution < -0.4 is 14.2 Å². The summed E-state index contributed by atoms with van der Waals surface area (Å²) in [5.41, 5.74) is 0.846. The second-order valence-corrected chi connectivity index (χ2v) is 7.03. The maximum Gasteiger partial charge on any atom is 0.262 e. The first kappa shape index (κ1) is 18.6. The molecular formula is C17H19N5O4S. The molecule has 10 heteroatoms. The summed E-state index contributed by atoms with van der Waals surface area (Å²) in [5, 5.41) is 11.0. The molecule has 0 unspecified atom stereocenters. The molecule has 0 radical (unpaired) electrons. The van der Waals surface area contributed by atoms with Gasteiger partial charge in [0.25, 0.3) is 10.0 Å². The Morgan fingerprint density at radius 1 is 1.04 bits per heavy atom. The van der Waals surface area contributed by atoms with Gasteiger partial charge in [-0.15, -0.1) is 5.10 Å². The van der Waals surface area contributed by atoms with Crippen molar-refractivity contribution < 1.29 is 17.9 Å². The first-order valence-corrected chi connectivity index (χ1v) is 9.78. The van der Waals surface area contributed by atoms with Crippen molar-refractivity contribution in [3.63, 3.8) is 0 Å². The molecule has 1 N–H and O–H groups in total. The number of tetrazole rings is 1. The van der Waals surface area contributed by atoms with Gasteiger partial charge in [-0.2, -0.15) is 4.68 Å². The van der Waals surface area contributed by atoms with Crippen LogP contribution in [0.25, 0.3) is 5.69 Å². The maximum absolute atomic E-state index is 12.9. The molecule has 0 aliphatic rings. The largest absolute Gasteiger partial charge is 0.490 e. The van der Waals surface area contributed by atoms with Crippen LogP contribution >= 0.6 is 0 Å². The van der Waals surface area contributed by atoms with Crippen molar-refractivity contribution in [3.05, 3.63) is 48.8 Å². The van der Waals surface area contributed by atoms with Gasteiger partial charge in [0.2, 0.25) is 0 Å². The minimum absolute atomic E-state index is 0.0564. The monoisotopic (exact) mass is 389 g/mol. The van der Waals surface area contributed by atoms with Crippen LogP contribution in [0.5, 0.6) is 11.5 Å². The molecule has 0 amide bonds. The highest BCUT2D eigenvalue weighted by Gasteiger charge is 2.19. The third-order valence-corrected chi connectivity index (χ3v) is 4.93. The highest BCUT2D eigenvalue weighted by atomic mass is 32.2. The Kier molecular flexibility index (Phi) is 5.55. The number of anilines is 1. The van der Waals surface area contributed by atoms with E-state index in [1.54, 1.807) is 30.3 Å². The van der Waals surface area contributed by atoms with Gasteiger partial charge in [-0.25, -0.2) is 8.42 Å². The predicted molar refractivity (Wildman–Crippen MR) is 98.7 cm³/mol. The van der Waals surface area contributed by atoms with Crippen LogP contribution in [0, 0.1) is 0 Å². The Hall–Kier alpha value is -3.14. The molecule has 9 nitrogen and oxygen atoms in total. The minimum atomic E-state index is -3.87. The van der Waals surface area contributed by atoms with Crippen molar-refractivity contribution >= 4 is 15.7 Å². The van der Waals surface area contributed by atoms with E-state index in [2.05, 4.69) is 20.2 Å². The molecule has 1 aromatic heterocycles. The van der Waals surface area contributed by atoms with E-state index in [0.29, 0.717) is 36.1 Å². The van der Waals surface area contributed by atoms with Gasteiger partial charge in [0.1, 0.15) is 6.33 Å². The van der Waals surface area contributed by atoms with Crippen molar-refractivity contribution in [2.24, 2.45) is 0 Å². The number of sulfonamides is 1. The lowest BCUT2D eigenvalue weighted by atomic mass is 10.3. The molecule has 0 atom stereocenters. The predicted octanol–water partition coefficient (Wildman–Crippen LogP) is 2.26. The van der Waals surface area contributed by atoms with E-state index >= 15 is 0 Å². The van der Waals surface area contributed by atoms with Crippen molar-refractivity contribution in [1.82, 2.24) is 20.2 Å². The molecule has 2 aromatic carbocycles. The average molecular weight is 389 g/mol. The molecule has 0 fully saturated rings. The first-order valence-electron chi connectivity index (χ1n) is 8.30. The van der Waals surface area contributed by atoms with Crippen LogP contribution in [0.15, 0.2) is 53.7 Å². The van der Waals surface area contributed by atoms with Crippen LogP contribution in [0.3, 0.4) is 0 Å². The normalized spacial score (nSPS) is 11.2. The van der Waals surface area contributed by atoms with Gasteiger partial charge >= 0.3 is 0 Å². The zero-order chi connectivity index (χ0) is 19.3. The van der Waals surface area contributed by atoms with Crippen molar-refractivity contribution in [2.75, 3.05) is 17.9 Å². The van der Waals surface area contributed by atoms with E-state index in [0.717, 1.165) is 0 Å². The molecule has 27 heavy (non-hydrogen) atoms. The lowest BCUT2D eigenvalue weighted by Gasteiger charge is -2.14. The first-order chi connectivity index (χ1) is 13.0. The molecule has 0 saturated heterocycles. The third-order valence-electron chi connectivity index (χ3n) is 3.57. The topological polar surface area (TPSA) is 108 Å². The Labute approximate surface area is 157 Å². The average Bonchev–Trinajstić information content (AvgIpc) is 3.18. The third kappa shape index (κ3) is 4.17. The summed E-state index contributed by atoms with van der Waals surface area (Å²) >= 11 is 0. The van der Waals surface area contributed by atoms with Crippen molar-refractivity contribution in [1.29, 1.82) is 0 Å². The summed E-state index contributed by atoms with van der Waals surface area (Å²) in [5.74, 6) is 0.864. The number of rotatable bonds is 8. The Balaban J connectivity index is 1.95. The van der Waals surface area contributed by atoms with Crippen LogP contribution in [0.1, 0.15) is 13.8 Å². The van der Waals surface area contributed by atoms with Gasteiger partial charge in [-0.3, -0.25) is 4.72 Å². The number of hydrogen-bond acceptors (Lipinski definition) is 7. The number of benzene rings is 2. The van der Waals surface area contributed by atoms with Crippen LogP contribution in [0.2, 0.25) is 0 Å². The van der Waals surface area contributed by atoms with Gasteiger partial charge in [-0.05, 0) is 48.5 Å². The van der Waals surface area contributed by atoms with Gasteiger partial charge in [-0.1, -0.05) is 12.1 Å². The van der Waals surface area contributed by atoms with Gasteiger partial charge < -0.3 is 9.47 Å². The summed E-state index contributed by atoms with van der Waals surface area (Å²) in [6.07, 6.45) is 1.39. The molecular weight excluding hydrogens is 370 g/mol. The number of nitrogens with zero attached hydrogens (tertiary/aromatic N) is 4. The maximum atomic E-state index is 12.9. The van der Waals surface area contributed by atoms with Crippen molar-refractivity contribution in [2.45, 2.75) is 18.7 Å². The summed E-state index contributed by atoms with van der Waals surface area (Å²) < 4.78 is 40.7. The quantitative estimate of drug-likeness (QED) is 0.629. The molecule has 0 saturated carbocycles. The zero-order valence-electron chi connectivity index (χ0n) is 14.9. The molecule has 0 aliphatic heterocycles. The van der Waals surface area contributed by atoms with Crippen LogP contribution in [-0.2, 0) is 10.0 Å². The molecule has 3 rings (SSSR count). The summed E-state index contributed by atoms with van der Waals surface area (Å²) in [6, 6.07) is 11.3. The summed E-state index contributed by atoms with van der Waals surface area (Å²) in [4.78, 5) is 0.0564. The number of ether oxygens (including phenoxy) is 2. The SMILES string of the molecule is CCOc1ccc(S(=O)(=O)Nc2ccccc2-n2cnnn2)cc1OCC. The number of nitrogens with one attached hydrogen (secondary N) is 1. The molecule has 0 aliphatic carbocycles. The second kappa shape index (κ2) is 8.04. The molecule has 3 aromatic rings. The highest BCUT2D eigenvalue weighted by Crippen LogP contribution is 2.31. The van der Waals surface area contributed by atoms with E-state index in [-0.39, 0.29) is 4.90 Å². The molecule has 142 valence electrons. The van der Waals surface area contributed by atoms with E-state index in [9.17, 15) is 8.42 Å². The fourth-order valence-corrected chi connectivity index (χ4v) is 3.52. The van der Waals surface area contributed by atoms with Gasteiger partial charge in [0, 0.05) is 6.07 Å². The number of hydrogen-bond donors (Lipinski definition) is 1. The highest BCUT2D eigenvalue weighted by molar-refractivity contribution is 7.92. The van der Waals surface area contributed by atoms with Gasteiger partial charge in [0.05, 0.1) is 29.5 Å². The second-order valence-electron chi connectivity index (χ2n) is 5.35. The fraction of sp³-hybridized carbons (Fsp3) is 0.235. The Morgan fingerprint density at radius 2 is 1.78 bits per heavy atom. The Morgan fingerprint density at radius 3 is 2.48 bits per heavy atom. The zero-order valence-corrected chi connectivity index (χ0v) is 15.7. The summed E-state index contributed by atoms with van der Waals surface area (Å²) in [7, 11) is -3.87. The lowest BCUT2D eigenvalue weighted by molar-refractivity contribution is 0.287. The number of para-hydroxylation sites is 2. The van der Waals surface area contributed by atoms with Gasteiger partial charge in [0.15, 0.2) is 11.5 Å². The van der Waals surface area contributed by atoms with Crippen LogP contribution in [0.4, 0.5) is 5.69 Å². The van der Waals surface area contributed by atoms with E-state index < -0.39 is 10.0 Å². The molecule has 0 bridgehead atoms. The smallest absolute Gasteiger partial charge is 0.262 e. The van der Waals surface area contributed by atoms with Crippen LogP contribution in [-0.4, -0.2) is 41.8 Å². The number of aromatic nitrogens is 4. The standard InChI is InChI=1S/C17H19N5O4S/c1-3-25-16-10-9-13(11-17(16)26-4-2)27(23,24)19-14-7-5-6-8-15(14)22-12-18-20-21-22/h5-12,19H,3-4H2,1-2H3. The van der Waals surface area contributed by atoms with E-state index in [1.165, 1.54) is 23.1 Å². The van der Waals surface area contributed by atoms with Crippen molar-refractivity contribution in [3.8, 4) is 17.2 Å². The van der Waals surface area contributed by atoms with E-state index in [4.69, 9.17) is 9.47 Å². The lowest BCUT2D eigenvalue weighted by Crippen LogP contribution is -2.15. The molecule has 1 heterocycles. The Bertz CT molecular complexity index is 1010. The fourth-order valence-electron chi connectivity index (χ4n) is 2.43. The molecule has 0 spiro atoms.